The van der Waals surface area contributed by atoms with Gasteiger partial charge in [-0.3, -0.25) is 4.98 Å². The van der Waals surface area contributed by atoms with Gasteiger partial charge in [0.25, 0.3) is 0 Å². The summed E-state index contributed by atoms with van der Waals surface area (Å²) in [7, 11) is 2.02. The van der Waals surface area contributed by atoms with Gasteiger partial charge in [-0.15, -0.1) is 0 Å². The Labute approximate surface area is 107 Å². The van der Waals surface area contributed by atoms with E-state index in [1.54, 1.807) is 11.3 Å². The van der Waals surface area contributed by atoms with Gasteiger partial charge in [0.2, 0.25) is 0 Å². The van der Waals surface area contributed by atoms with Crippen molar-refractivity contribution in [2.75, 3.05) is 7.05 Å². The summed E-state index contributed by atoms with van der Waals surface area (Å²) in [5, 5.41) is 7.73. The first-order chi connectivity index (χ1) is 8.19. The van der Waals surface area contributed by atoms with Crippen molar-refractivity contribution in [3.8, 4) is 0 Å². The first-order valence-electron chi connectivity index (χ1n) is 5.82. The molecule has 0 aliphatic heterocycles. The van der Waals surface area contributed by atoms with Crippen molar-refractivity contribution < 1.29 is 0 Å². The number of thiophene rings is 1. The van der Waals surface area contributed by atoms with Crippen LogP contribution in [0.2, 0.25) is 0 Å². The lowest BCUT2D eigenvalue weighted by Crippen LogP contribution is -2.19. The normalized spacial score (nSPS) is 12.6. The van der Waals surface area contributed by atoms with Crippen molar-refractivity contribution in [3.63, 3.8) is 0 Å². The van der Waals surface area contributed by atoms with Gasteiger partial charge < -0.3 is 5.32 Å². The molecule has 90 valence electrons. The topological polar surface area (TPSA) is 24.9 Å². The first-order valence-corrected chi connectivity index (χ1v) is 6.77. The molecule has 0 radical (unpaired) electrons. The molecule has 2 nitrogen and oxygen atoms in total. The molecular weight excluding hydrogens is 228 g/mol. The van der Waals surface area contributed by atoms with E-state index in [1.807, 2.05) is 20.9 Å². The molecule has 0 fully saturated rings. The van der Waals surface area contributed by atoms with Gasteiger partial charge in [-0.2, -0.15) is 11.3 Å². The van der Waals surface area contributed by atoms with Crippen molar-refractivity contribution in [1.29, 1.82) is 0 Å². The molecule has 0 saturated carbocycles. The third kappa shape index (κ3) is 3.14. The highest BCUT2D eigenvalue weighted by molar-refractivity contribution is 7.07. The second kappa shape index (κ2) is 5.43. The van der Waals surface area contributed by atoms with Crippen molar-refractivity contribution in [2.45, 2.75) is 26.3 Å². The molecule has 1 atom stereocenters. The average Bonchev–Trinajstić information content (AvgIpc) is 2.77. The maximum Gasteiger partial charge on any atom is 0.0379 e. The van der Waals surface area contributed by atoms with Gasteiger partial charge >= 0.3 is 0 Å². The van der Waals surface area contributed by atoms with Crippen LogP contribution < -0.4 is 5.32 Å². The van der Waals surface area contributed by atoms with Gasteiger partial charge in [0.05, 0.1) is 0 Å². The second-order valence-corrected chi connectivity index (χ2v) is 5.14. The Balaban J connectivity index is 2.22. The summed E-state index contributed by atoms with van der Waals surface area (Å²) in [5.74, 6) is 0. The number of pyridine rings is 1. The summed E-state index contributed by atoms with van der Waals surface area (Å²) in [5.41, 5.74) is 4.89. The molecule has 0 aliphatic rings. The highest BCUT2D eigenvalue weighted by atomic mass is 32.1. The SMILES string of the molecule is CNC(Cc1ccsc1)c1cc(C)nc(C)c1. The van der Waals surface area contributed by atoms with Gasteiger partial charge in [0.1, 0.15) is 0 Å². The van der Waals surface area contributed by atoms with E-state index in [0.717, 1.165) is 17.8 Å². The molecule has 0 aromatic carbocycles. The van der Waals surface area contributed by atoms with E-state index in [1.165, 1.54) is 11.1 Å². The Morgan fingerprint density at radius 3 is 2.53 bits per heavy atom. The number of likely N-dealkylation sites (N-methyl/N-ethyl adjacent to an activating group) is 1. The molecule has 2 aromatic heterocycles. The number of hydrogen-bond donors (Lipinski definition) is 1. The number of nitrogens with one attached hydrogen (secondary N) is 1. The molecule has 0 bridgehead atoms. The van der Waals surface area contributed by atoms with Crippen LogP contribution in [0.3, 0.4) is 0 Å². The molecule has 3 heteroatoms. The highest BCUT2D eigenvalue weighted by Crippen LogP contribution is 2.20. The maximum atomic E-state index is 4.42. The number of rotatable bonds is 4. The van der Waals surface area contributed by atoms with Gasteiger partial charge in [-0.05, 0) is 67.4 Å². The Morgan fingerprint density at radius 1 is 1.29 bits per heavy atom. The van der Waals surface area contributed by atoms with Crippen LogP contribution in [0.25, 0.3) is 0 Å². The monoisotopic (exact) mass is 246 g/mol. The Bertz CT molecular complexity index is 457. The minimum Gasteiger partial charge on any atom is -0.313 e. The summed E-state index contributed by atoms with van der Waals surface area (Å²) in [6.07, 6.45) is 1.03. The minimum atomic E-state index is 0.366. The van der Waals surface area contributed by atoms with Gasteiger partial charge in [0, 0.05) is 17.4 Å². The molecule has 0 aliphatic carbocycles. The highest BCUT2D eigenvalue weighted by Gasteiger charge is 2.11. The fourth-order valence-corrected chi connectivity index (χ4v) is 2.78. The van der Waals surface area contributed by atoms with Crippen LogP contribution in [0.5, 0.6) is 0 Å². The van der Waals surface area contributed by atoms with E-state index in [-0.39, 0.29) is 0 Å². The van der Waals surface area contributed by atoms with Crippen LogP contribution in [0.4, 0.5) is 0 Å². The zero-order valence-corrected chi connectivity index (χ0v) is 11.3. The fraction of sp³-hybridized carbons (Fsp3) is 0.357. The number of aryl methyl sites for hydroxylation is 2. The van der Waals surface area contributed by atoms with E-state index in [2.05, 4.69) is 39.3 Å². The van der Waals surface area contributed by atoms with Crippen LogP contribution >= 0.6 is 11.3 Å². The van der Waals surface area contributed by atoms with Gasteiger partial charge in [0.15, 0.2) is 0 Å². The molecule has 2 rings (SSSR count). The second-order valence-electron chi connectivity index (χ2n) is 4.36. The van der Waals surface area contributed by atoms with Crippen molar-refractivity contribution in [3.05, 3.63) is 51.5 Å². The smallest absolute Gasteiger partial charge is 0.0379 e. The van der Waals surface area contributed by atoms with Crippen LogP contribution in [0, 0.1) is 13.8 Å². The number of nitrogens with zero attached hydrogens (tertiary/aromatic N) is 1. The molecule has 0 spiro atoms. The Morgan fingerprint density at radius 2 is 2.00 bits per heavy atom. The van der Waals surface area contributed by atoms with E-state index in [9.17, 15) is 0 Å². The minimum absolute atomic E-state index is 0.366. The molecule has 17 heavy (non-hydrogen) atoms. The van der Waals surface area contributed by atoms with Crippen LogP contribution in [-0.2, 0) is 6.42 Å². The van der Waals surface area contributed by atoms with E-state index >= 15 is 0 Å². The Hall–Kier alpha value is -1.19. The summed E-state index contributed by atoms with van der Waals surface area (Å²) >= 11 is 1.75. The molecule has 2 aromatic rings. The lowest BCUT2D eigenvalue weighted by Gasteiger charge is -2.17. The zero-order valence-electron chi connectivity index (χ0n) is 10.5. The summed E-state index contributed by atoms with van der Waals surface area (Å²) in [4.78, 5) is 4.42. The van der Waals surface area contributed by atoms with E-state index in [0.29, 0.717) is 6.04 Å². The fourth-order valence-electron chi connectivity index (χ4n) is 2.10. The lowest BCUT2D eigenvalue weighted by atomic mass is 10.0. The van der Waals surface area contributed by atoms with Crippen molar-refractivity contribution in [2.24, 2.45) is 0 Å². The standard InChI is InChI=1S/C14H18N2S/c1-10-6-13(7-11(2)16-10)14(15-3)8-12-4-5-17-9-12/h4-7,9,14-15H,8H2,1-3H3. The third-order valence-electron chi connectivity index (χ3n) is 2.87. The molecule has 1 unspecified atom stereocenters. The van der Waals surface area contributed by atoms with Crippen LogP contribution in [-0.4, -0.2) is 12.0 Å². The summed E-state index contributed by atoms with van der Waals surface area (Å²) in [6, 6.07) is 6.89. The zero-order chi connectivity index (χ0) is 12.3. The van der Waals surface area contributed by atoms with E-state index < -0.39 is 0 Å². The quantitative estimate of drug-likeness (QED) is 0.895. The first kappa shape index (κ1) is 12.3. The van der Waals surface area contributed by atoms with Crippen molar-refractivity contribution >= 4 is 11.3 Å². The van der Waals surface area contributed by atoms with Crippen LogP contribution in [0.1, 0.15) is 28.6 Å². The predicted octanol–water partition coefficient (Wildman–Crippen LogP) is 3.26. The molecule has 0 saturated heterocycles. The van der Waals surface area contributed by atoms with Crippen LogP contribution in [0.15, 0.2) is 29.0 Å². The Kier molecular flexibility index (Phi) is 3.92. The largest absolute Gasteiger partial charge is 0.313 e. The lowest BCUT2D eigenvalue weighted by molar-refractivity contribution is 0.591. The molecular formula is C14H18N2S. The average molecular weight is 246 g/mol. The molecule has 0 amide bonds. The third-order valence-corrected chi connectivity index (χ3v) is 3.61. The summed E-state index contributed by atoms with van der Waals surface area (Å²) in [6.45, 7) is 4.10. The molecule has 2 heterocycles. The van der Waals surface area contributed by atoms with Gasteiger partial charge in [-0.25, -0.2) is 0 Å². The summed E-state index contributed by atoms with van der Waals surface area (Å²) < 4.78 is 0. The number of hydrogen-bond acceptors (Lipinski definition) is 3. The number of aromatic nitrogens is 1. The van der Waals surface area contributed by atoms with Gasteiger partial charge in [-0.1, -0.05) is 0 Å². The maximum absolute atomic E-state index is 4.42. The predicted molar refractivity (Wildman–Crippen MR) is 73.5 cm³/mol. The van der Waals surface area contributed by atoms with Crippen molar-refractivity contribution in [1.82, 2.24) is 10.3 Å². The molecule has 1 N–H and O–H groups in total. The van der Waals surface area contributed by atoms with E-state index in [4.69, 9.17) is 0 Å².